The fourth-order valence-electron chi connectivity index (χ4n) is 1.21. The van der Waals surface area contributed by atoms with Crippen molar-refractivity contribution in [3.05, 3.63) is 55.1 Å². The lowest BCUT2D eigenvalue weighted by Gasteiger charge is -1.96. The second-order valence-electron chi connectivity index (χ2n) is 2.96. The van der Waals surface area contributed by atoms with Gasteiger partial charge in [0.05, 0.1) is 0 Å². The largest absolute Gasteiger partial charge is 0.549 e. The summed E-state index contributed by atoms with van der Waals surface area (Å²) in [6, 6.07) is 7.52. The van der Waals surface area contributed by atoms with Gasteiger partial charge in [0.2, 0.25) is 5.30 Å². The van der Waals surface area contributed by atoms with Crippen LogP contribution in [0.15, 0.2) is 49.6 Å². The molecule has 0 radical (unpaired) electrons. The van der Waals surface area contributed by atoms with Gasteiger partial charge in [-0.2, -0.15) is 0 Å². The highest BCUT2D eigenvalue weighted by atomic mass is 31.1. The number of hydrogen-bond donors (Lipinski definition) is 0. The molecule has 0 saturated carbocycles. The van der Waals surface area contributed by atoms with Crippen molar-refractivity contribution in [2.24, 2.45) is 0 Å². The fourth-order valence-corrected chi connectivity index (χ4v) is 2.20. The SMILES string of the molecule is C=CCO[P+](=O)c1ccccc1CC=C. The minimum Gasteiger partial charge on any atom is -0.138 e. The van der Waals surface area contributed by atoms with Crippen molar-refractivity contribution in [1.82, 2.24) is 0 Å². The van der Waals surface area contributed by atoms with E-state index in [-0.39, 0.29) is 0 Å². The fraction of sp³-hybridized carbons (Fsp3) is 0.167. The molecular formula is C12H14O2P+. The van der Waals surface area contributed by atoms with E-state index < -0.39 is 8.03 Å². The van der Waals surface area contributed by atoms with E-state index in [1.165, 1.54) is 0 Å². The van der Waals surface area contributed by atoms with Gasteiger partial charge in [0.25, 0.3) is 0 Å². The molecule has 1 aromatic rings. The summed E-state index contributed by atoms with van der Waals surface area (Å²) >= 11 is 0. The monoisotopic (exact) mass is 221 g/mol. The molecule has 3 heteroatoms. The van der Waals surface area contributed by atoms with Crippen molar-refractivity contribution in [3.63, 3.8) is 0 Å². The summed E-state index contributed by atoms with van der Waals surface area (Å²) in [7, 11) is -1.78. The van der Waals surface area contributed by atoms with Crippen LogP contribution in [0.2, 0.25) is 0 Å². The standard InChI is InChI=1S/C12H14O2P/c1-3-7-11-8-5-6-9-12(11)15(13)14-10-4-2/h3-6,8-9H,1-2,7,10H2/q+1. The molecule has 0 amide bonds. The van der Waals surface area contributed by atoms with E-state index in [2.05, 4.69) is 13.2 Å². The molecule has 1 rings (SSSR count). The molecule has 1 aromatic carbocycles. The van der Waals surface area contributed by atoms with Gasteiger partial charge < -0.3 is 0 Å². The minimum absolute atomic E-state index is 0.303. The molecule has 0 aliphatic carbocycles. The maximum Gasteiger partial charge on any atom is 0.549 e. The van der Waals surface area contributed by atoms with Crippen LogP contribution in [0.25, 0.3) is 0 Å². The molecule has 1 unspecified atom stereocenters. The summed E-state index contributed by atoms with van der Waals surface area (Å²) in [5.41, 5.74) is 0.998. The minimum atomic E-state index is -1.78. The maximum atomic E-state index is 11.7. The maximum absolute atomic E-state index is 11.7. The van der Waals surface area contributed by atoms with Crippen LogP contribution in [-0.2, 0) is 15.5 Å². The Balaban J connectivity index is 2.86. The van der Waals surface area contributed by atoms with Crippen molar-refractivity contribution in [2.75, 3.05) is 6.61 Å². The van der Waals surface area contributed by atoms with Crippen molar-refractivity contribution in [1.29, 1.82) is 0 Å². The summed E-state index contributed by atoms with van der Waals surface area (Å²) in [4.78, 5) is 0. The lowest BCUT2D eigenvalue weighted by molar-refractivity contribution is 0.378. The van der Waals surface area contributed by atoms with Crippen LogP contribution in [0.5, 0.6) is 0 Å². The molecule has 0 aliphatic heterocycles. The highest BCUT2D eigenvalue weighted by Crippen LogP contribution is 2.23. The summed E-state index contributed by atoms with van der Waals surface area (Å²) in [6.45, 7) is 7.49. The Kier molecular flexibility index (Phi) is 4.96. The zero-order chi connectivity index (χ0) is 11.1. The highest BCUT2D eigenvalue weighted by Gasteiger charge is 2.24. The van der Waals surface area contributed by atoms with E-state index in [9.17, 15) is 4.57 Å². The molecule has 0 bridgehead atoms. The zero-order valence-electron chi connectivity index (χ0n) is 8.56. The Morgan fingerprint density at radius 1 is 1.27 bits per heavy atom. The highest BCUT2D eigenvalue weighted by molar-refractivity contribution is 7.48. The third-order valence-electron chi connectivity index (χ3n) is 1.86. The van der Waals surface area contributed by atoms with Crippen LogP contribution in [0.1, 0.15) is 5.56 Å². The van der Waals surface area contributed by atoms with E-state index in [4.69, 9.17) is 4.52 Å². The quantitative estimate of drug-likeness (QED) is 0.545. The van der Waals surface area contributed by atoms with Gasteiger partial charge in [-0.1, -0.05) is 30.4 Å². The topological polar surface area (TPSA) is 26.3 Å². The molecule has 2 nitrogen and oxygen atoms in total. The van der Waals surface area contributed by atoms with Gasteiger partial charge in [0.1, 0.15) is 6.61 Å². The predicted molar refractivity (Wildman–Crippen MR) is 63.7 cm³/mol. The predicted octanol–water partition coefficient (Wildman–Crippen LogP) is 2.99. The van der Waals surface area contributed by atoms with E-state index in [0.717, 1.165) is 10.9 Å². The molecule has 0 aliphatic rings. The lowest BCUT2D eigenvalue weighted by atomic mass is 10.1. The van der Waals surface area contributed by atoms with Gasteiger partial charge in [0.15, 0.2) is 0 Å². The van der Waals surface area contributed by atoms with Gasteiger partial charge in [-0.15, -0.1) is 17.7 Å². The Morgan fingerprint density at radius 3 is 2.67 bits per heavy atom. The molecule has 0 N–H and O–H groups in total. The average Bonchev–Trinajstić information content (AvgIpc) is 2.27. The number of rotatable bonds is 6. The number of hydrogen-bond acceptors (Lipinski definition) is 2. The lowest BCUT2D eigenvalue weighted by Crippen LogP contribution is -2.05. The summed E-state index contributed by atoms with van der Waals surface area (Å²) < 4.78 is 16.9. The van der Waals surface area contributed by atoms with Crippen LogP contribution >= 0.6 is 8.03 Å². The molecule has 0 aromatic heterocycles. The molecule has 78 valence electrons. The van der Waals surface area contributed by atoms with Crippen molar-refractivity contribution in [3.8, 4) is 0 Å². The normalized spacial score (nSPS) is 10.8. The number of allylic oxidation sites excluding steroid dienone is 1. The first-order valence-corrected chi connectivity index (χ1v) is 5.87. The van der Waals surface area contributed by atoms with Crippen LogP contribution < -0.4 is 5.30 Å². The van der Waals surface area contributed by atoms with Crippen LogP contribution in [0.4, 0.5) is 0 Å². The van der Waals surface area contributed by atoms with E-state index >= 15 is 0 Å². The van der Waals surface area contributed by atoms with E-state index in [0.29, 0.717) is 13.0 Å². The molecule has 1 atom stereocenters. The Morgan fingerprint density at radius 2 is 2.00 bits per heavy atom. The first kappa shape index (κ1) is 11.8. The van der Waals surface area contributed by atoms with E-state index in [1.807, 2.05) is 24.3 Å². The third-order valence-corrected chi connectivity index (χ3v) is 3.08. The number of benzene rings is 1. The van der Waals surface area contributed by atoms with Crippen molar-refractivity contribution >= 4 is 13.3 Å². The second kappa shape index (κ2) is 6.28. The summed E-state index contributed by atoms with van der Waals surface area (Å²) in [5.74, 6) is 0. The third kappa shape index (κ3) is 3.43. The average molecular weight is 221 g/mol. The molecule has 15 heavy (non-hydrogen) atoms. The van der Waals surface area contributed by atoms with E-state index in [1.54, 1.807) is 12.2 Å². The van der Waals surface area contributed by atoms with Crippen LogP contribution in [0, 0.1) is 0 Å². The van der Waals surface area contributed by atoms with Gasteiger partial charge in [-0.05, 0) is 17.1 Å². The zero-order valence-corrected chi connectivity index (χ0v) is 9.45. The van der Waals surface area contributed by atoms with Gasteiger partial charge in [-0.3, -0.25) is 0 Å². The van der Waals surface area contributed by atoms with Crippen molar-refractivity contribution in [2.45, 2.75) is 6.42 Å². The Hall–Kier alpha value is -1.24. The van der Waals surface area contributed by atoms with Gasteiger partial charge in [0, 0.05) is 5.56 Å². The summed E-state index contributed by atoms with van der Waals surface area (Å²) in [5, 5.41) is 0.745. The Labute approximate surface area is 91.1 Å². The van der Waals surface area contributed by atoms with Gasteiger partial charge >= 0.3 is 8.03 Å². The van der Waals surface area contributed by atoms with Crippen LogP contribution in [0.3, 0.4) is 0 Å². The van der Waals surface area contributed by atoms with Gasteiger partial charge in [-0.25, -0.2) is 0 Å². The Bertz CT molecular complexity index is 372. The summed E-state index contributed by atoms with van der Waals surface area (Å²) in [6.07, 6.45) is 4.08. The molecule has 0 spiro atoms. The molecular weight excluding hydrogens is 207 g/mol. The van der Waals surface area contributed by atoms with Crippen LogP contribution in [-0.4, -0.2) is 6.61 Å². The first-order chi connectivity index (χ1) is 7.29. The molecule has 0 heterocycles. The second-order valence-corrected chi connectivity index (χ2v) is 4.22. The smallest absolute Gasteiger partial charge is 0.138 e. The molecule has 0 fully saturated rings. The first-order valence-electron chi connectivity index (χ1n) is 4.69. The molecule has 0 saturated heterocycles. The van der Waals surface area contributed by atoms with Crippen molar-refractivity contribution < 1.29 is 9.09 Å².